The number of hydrogen-bond donors (Lipinski definition) is 0. The van der Waals surface area contributed by atoms with Crippen LogP contribution in [0.3, 0.4) is 0 Å². The first-order valence-corrected chi connectivity index (χ1v) is 15.0. The molecule has 4 aromatic carbocycles. The van der Waals surface area contributed by atoms with Crippen molar-refractivity contribution in [2.45, 2.75) is 56.4 Å². The maximum atomic E-state index is 7.21. The fourth-order valence-electron chi connectivity index (χ4n) is 7.23. The van der Waals surface area contributed by atoms with Gasteiger partial charge < -0.3 is 18.8 Å². The van der Waals surface area contributed by atoms with Crippen molar-refractivity contribution in [1.82, 2.24) is 0 Å². The molecule has 4 aromatic rings. The quantitative estimate of drug-likeness (QED) is 0.195. The molecular weight excluding hydrogens is 519 g/mol. The van der Waals surface area contributed by atoms with Crippen LogP contribution in [0.1, 0.15) is 49.4 Å². The monoisotopic (exact) mass is 560 g/mol. The normalized spacial score (nSPS) is 22.7. The second-order valence-corrected chi connectivity index (χ2v) is 12.7. The van der Waals surface area contributed by atoms with Gasteiger partial charge in [0.1, 0.15) is 23.4 Å². The van der Waals surface area contributed by atoms with E-state index in [9.17, 15) is 0 Å². The number of ether oxygens (including phenoxy) is 2. The Kier molecular flexibility index (Phi) is 7.88. The molecule has 1 heterocycles. The Morgan fingerprint density at radius 3 is 1.10 bits per heavy atom. The summed E-state index contributed by atoms with van der Waals surface area (Å²) in [4.78, 5) is 0. The molecule has 0 unspecified atom stereocenters. The van der Waals surface area contributed by atoms with E-state index in [1.165, 1.54) is 0 Å². The summed E-state index contributed by atoms with van der Waals surface area (Å²) < 4.78 is 27.9. The van der Waals surface area contributed by atoms with Crippen molar-refractivity contribution in [2.75, 3.05) is 14.2 Å². The first-order chi connectivity index (χ1) is 20.4. The maximum absolute atomic E-state index is 7.21. The zero-order chi connectivity index (χ0) is 29.4. The van der Waals surface area contributed by atoms with Crippen molar-refractivity contribution in [3.8, 4) is 0 Å². The summed E-state index contributed by atoms with van der Waals surface area (Å²) >= 11 is 0. The number of methoxy groups -OCH3 is 2. The minimum absolute atomic E-state index is 0.166. The molecule has 0 amide bonds. The molecule has 216 valence electrons. The van der Waals surface area contributed by atoms with Crippen molar-refractivity contribution < 1.29 is 18.8 Å². The zero-order valence-corrected chi connectivity index (χ0v) is 25.3. The van der Waals surface area contributed by atoms with Gasteiger partial charge in [-0.1, -0.05) is 142 Å². The summed E-state index contributed by atoms with van der Waals surface area (Å²) in [7, 11) is 3.16. The van der Waals surface area contributed by atoms with E-state index in [-0.39, 0.29) is 5.41 Å². The Morgan fingerprint density at radius 2 is 0.857 bits per heavy atom. The Bertz CT molecular complexity index is 1260. The molecule has 6 rings (SSSR count). The third-order valence-corrected chi connectivity index (χ3v) is 9.39. The molecule has 1 saturated heterocycles. The lowest BCUT2D eigenvalue weighted by molar-refractivity contribution is -0.136. The van der Waals surface area contributed by atoms with Crippen molar-refractivity contribution in [3.05, 3.63) is 144 Å². The fourth-order valence-corrected chi connectivity index (χ4v) is 7.23. The molecule has 1 saturated carbocycles. The van der Waals surface area contributed by atoms with Gasteiger partial charge in [0, 0.05) is 14.2 Å². The highest BCUT2D eigenvalue weighted by atomic mass is 16.7. The zero-order valence-electron chi connectivity index (χ0n) is 25.3. The van der Waals surface area contributed by atoms with Crippen LogP contribution >= 0.6 is 0 Å². The van der Waals surface area contributed by atoms with E-state index < -0.39 is 30.5 Å². The van der Waals surface area contributed by atoms with E-state index in [1.54, 1.807) is 14.2 Å². The molecule has 0 N–H and O–H groups in total. The van der Waals surface area contributed by atoms with Gasteiger partial charge in [0.25, 0.3) is 0 Å². The predicted octanol–water partition coefficient (Wildman–Crippen LogP) is 7.88. The van der Waals surface area contributed by atoms with Crippen LogP contribution in [0.4, 0.5) is 0 Å². The third-order valence-electron chi connectivity index (χ3n) is 9.39. The summed E-state index contributed by atoms with van der Waals surface area (Å²) in [5.41, 5.74) is 2.25. The molecule has 1 aliphatic carbocycles. The molecule has 0 bridgehead atoms. The molecule has 4 nitrogen and oxygen atoms in total. The molecular formula is C37H41BO4. The molecule has 2 aliphatic rings. The highest BCUT2D eigenvalue weighted by Gasteiger charge is 2.66. The van der Waals surface area contributed by atoms with Crippen LogP contribution in [-0.2, 0) is 30.0 Å². The molecule has 2 fully saturated rings. The summed E-state index contributed by atoms with van der Waals surface area (Å²) in [6.07, 6.45) is -0.0151. The minimum Gasteiger partial charge on any atom is -0.402 e. The Labute approximate surface area is 251 Å². The highest BCUT2D eigenvalue weighted by molar-refractivity contribution is 6.48. The molecule has 42 heavy (non-hydrogen) atoms. The average molecular weight is 561 g/mol. The van der Waals surface area contributed by atoms with Gasteiger partial charge in [-0.3, -0.25) is 0 Å². The van der Waals surface area contributed by atoms with Crippen LogP contribution in [0.5, 0.6) is 0 Å². The molecule has 0 spiro atoms. The van der Waals surface area contributed by atoms with Crippen molar-refractivity contribution in [3.63, 3.8) is 0 Å². The van der Waals surface area contributed by atoms with E-state index in [4.69, 9.17) is 18.8 Å². The summed E-state index contributed by atoms with van der Waals surface area (Å²) in [5, 5.41) is 0. The fraction of sp³-hybridized carbons (Fsp3) is 0.351. The summed E-state index contributed by atoms with van der Waals surface area (Å²) in [6.45, 7) is 6.92. The van der Waals surface area contributed by atoms with Crippen molar-refractivity contribution in [2.24, 2.45) is 11.3 Å². The second kappa shape index (κ2) is 11.5. The van der Waals surface area contributed by atoms with Gasteiger partial charge in [0.05, 0.1) is 0 Å². The maximum Gasteiger partial charge on any atom is 0.461 e. The first kappa shape index (κ1) is 28.9. The average Bonchev–Trinajstić information content (AvgIpc) is 3.75. The number of hydrogen-bond acceptors (Lipinski definition) is 4. The van der Waals surface area contributed by atoms with Crippen LogP contribution in [0.25, 0.3) is 0 Å². The molecule has 0 aromatic heterocycles. The number of benzene rings is 4. The minimum atomic E-state index is -0.971. The van der Waals surface area contributed by atoms with Crippen LogP contribution in [0, 0.1) is 11.3 Å². The largest absolute Gasteiger partial charge is 0.461 e. The lowest BCUT2D eigenvalue weighted by Gasteiger charge is -2.47. The van der Waals surface area contributed by atoms with E-state index in [1.807, 2.05) is 24.3 Å². The van der Waals surface area contributed by atoms with Crippen LogP contribution < -0.4 is 0 Å². The molecule has 1 aliphatic heterocycles. The van der Waals surface area contributed by atoms with E-state index in [2.05, 4.69) is 118 Å². The number of rotatable bonds is 9. The lowest BCUT2D eigenvalue weighted by atomic mass is 9.71. The second-order valence-electron chi connectivity index (χ2n) is 12.7. The smallest absolute Gasteiger partial charge is 0.402 e. The summed E-state index contributed by atoms with van der Waals surface area (Å²) in [6, 6.07) is 41.6. The van der Waals surface area contributed by atoms with Crippen molar-refractivity contribution in [1.29, 1.82) is 0 Å². The lowest BCUT2D eigenvalue weighted by Crippen LogP contribution is -2.56. The first-order valence-electron chi connectivity index (χ1n) is 15.0. The Balaban J connectivity index is 1.59. The standard InChI is InChI=1S/C37H41BO4/c1-35(2,3)31-26-32(31)38-41-33(36(39-4,27-18-10-6-11-19-27)28-20-12-7-13-21-28)34(42-38)37(40-5,29-22-14-8-15-23-29)30-24-16-9-17-25-30/h6-25,31-34H,26H2,1-5H3/t31-,32-,33-,34-/m1/s1. The molecule has 0 radical (unpaired) electrons. The van der Waals surface area contributed by atoms with Gasteiger partial charge in [-0.2, -0.15) is 0 Å². The highest BCUT2D eigenvalue weighted by Crippen LogP contribution is 2.60. The Hall–Kier alpha value is -3.22. The van der Waals surface area contributed by atoms with Crippen LogP contribution in [-0.4, -0.2) is 33.5 Å². The van der Waals surface area contributed by atoms with E-state index in [0.717, 1.165) is 28.7 Å². The topological polar surface area (TPSA) is 36.9 Å². The molecule has 5 heteroatoms. The van der Waals surface area contributed by atoms with Crippen molar-refractivity contribution >= 4 is 7.12 Å². The molecule has 4 atom stereocenters. The van der Waals surface area contributed by atoms with Gasteiger partial charge in [-0.05, 0) is 45.8 Å². The Morgan fingerprint density at radius 1 is 0.548 bits per heavy atom. The SMILES string of the molecule is COC(c1ccccc1)(c1ccccc1)[C@@H]1OB([C@@H]2C[C@H]2C(C)(C)C)O[C@H]1C(OC)(c1ccccc1)c1ccccc1. The van der Waals surface area contributed by atoms with Gasteiger partial charge in [0.2, 0.25) is 0 Å². The third kappa shape index (κ3) is 4.83. The van der Waals surface area contributed by atoms with Gasteiger partial charge >= 0.3 is 7.12 Å². The van der Waals surface area contributed by atoms with E-state index in [0.29, 0.717) is 11.7 Å². The van der Waals surface area contributed by atoms with Gasteiger partial charge in [0.15, 0.2) is 0 Å². The van der Waals surface area contributed by atoms with Crippen LogP contribution in [0.15, 0.2) is 121 Å². The van der Waals surface area contributed by atoms with Gasteiger partial charge in [-0.15, -0.1) is 0 Å². The van der Waals surface area contributed by atoms with Crippen LogP contribution in [0.2, 0.25) is 5.82 Å². The predicted molar refractivity (Wildman–Crippen MR) is 168 cm³/mol. The summed E-state index contributed by atoms with van der Waals surface area (Å²) in [5.74, 6) is 0.803. The van der Waals surface area contributed by atoms with Gasteiger partial charge in [-0.25, -0.2) is 0 Å². The van der Waals surface area contributed by atoms with E-state index >= 15 is 0 Å².